The summed E-state index contributed by atoms with van der Waals surface area (Å²) in [5, 5.41) is 3.34. The predicted molar refractivity (Wildman–Crippen MR) is 149 cm³/mol. The molecule has 0 saturated carbocycles. The number of H-pyrrole nitrogens is 2. The summed E-state index contributed by atoms with van der Waals surface area (Å²) < 4.78 is 49.5. The second kappa shape index (κ2) is 9.59. The molecule has 0 aliphatic rings. The van der Waals surface area contributed by atoms with Crippen molar-refractivity contribution in [2.75, 3.05) is 0 Å². The van der Waals surface area contributed by atoms with Crippen molar-refractivity contribution in [3.8, 4) is 22.5 Å². The number of nitrogens with one attached hydrogen (secondary N) is 2. The first kappa shape index (κ1) is 20.3. The molecular formula is C30H18F2N8. The van der Waals surface area contributed by atoms with Crippen LogP contribution in [0.15, 0.2) is 97.8 Å². The van der Waals surface area contributed by atoms with Crippen LogP contribution >= 0.6 is 0 Å². The Bertz CT molecular complexity index is 2320. The van der Waals surface area contributed by atoms with E-state index in [1.54, 1.807) is 24.4 Å². The number of rotatable bonds is 2. The highest BCUT2D eigenvalue weighted by Crippen LogP contribution is 2.27. The van der Waals surface area contributed by atoms with Crippen molar-refractivity contribution in [3.05, 3.63) is 110 Å². The number of pyridine rings is 6. The van der Waals surface area contributed by atoms with E-state index in [-0.39, 0.29) is 18.5 Å². The maximum atomic E-state index is 13.4. The number of nitrogens with zero attached hydrogens (tertiary/aromatic N) is 6. The average Bonchev–Trinajstić information content (AvgIpc) is 3.54. The van der Waals surface area contributed by atoms with Gasteiger partial charge in [0.15, 0.2) is 0 Å². The van der Waals surface area contributed by atoms with E-state index < -0.39 is 11.9 Å². The van der Waals surface area contributed by atoms with Crippen molar-refractivity contribution < 1.29 is 12.9 Å². The molecule has 2 N–H and O–H groups in total. The van der Waals surface area contributed by atoms with E-state index >= 15 is 0 Å². The molecule has 8 nitrogen and oxygen atoms in total. The minimum Gasteiger partial charge on any atom is -0.339 e. The summed E-state index contributed by atoms with van der Waals surface area (Å²) in [5.41, 5.74) is 5.23. The molecule has 0 spiro atoms. The molecule has 40 heavy (non-hydrogen) atoms. The third-order valence-corrected chi connectivity index (χ3v) is 6.37. The number of aromatic amines is 2. The number of halogens is 2. The van der Waals surface area contributed by atoms with Crippen molar-refractivity contribution in [3.63, 3.8) is 0 Å². The minimum atomic E-state index is -0.734. The van der Waals surface area contributed by atoms with E-state index in [1.165, 1.54) is 30.5 Å². The van der Waals surface area contributed by atoms with E-state index in [4.69, 9.17) is 4.11 Å². The Hall–Kier alpha value is -5.64. The zero-order valence-electron chi connectivity index (χ0n) is 23.4. The SMILES string of the molecule is Fc1cc(-c2ccc3c(n2)[nH]c2ccncc23)ccn1.[3H]c1cc(-c2ccc3c(n2)[nH]c2cc([3H])nc([3H])c23)cc(F)n1. The molecule has 0 fully saturated rings. The van der Waals surface area contributed by atoms with Gasteiger partial charge < -0.3 is 9.97 Å². The van der Waals surface area contributed by atoms with Crippen LogP contribution < -0.4 is 0 Å². The second-order valence-electron chi connectivity index (χ2n) is 8.82. The van der Waals surface area contributed by atoms with E-state index in [2.05, 4.69) is 39.9 Å². The van der Waals surface area contributed by atoms with E-state index in [1.807, 2.05) is 24.4 Å². The van der Waals surface area contributed by atoms with Gasteiger partial charge in [0.05, 0.1) is 26.5 Å². The summed E-state index contributed by atoms with van der Waals surface area (Å²) in [6, 6.07) is 16.5. The van der Waals surface area contributed by atoms with Crippen LogP contribution in [0.25, 0.3) is 66.4 Å². The largest absolute Gasteiger partial charge is 0.339 e. The van der Waals surface area contributed by atoms with Crippen LogP contribution in [-0.4, -0.2) is 39.9 Å². The molecule has 0 atom stereocenters. The fourth-order valence-corrected chi connectivity index (χ4v) is 4.52. The third kappa shape index (κ3) is 4.27. The van der Waals surface area contributed by atoms with Gasteiger partial charge in [0.25, 0.3) is 0 Å². The van der Waals surface area contributed by atoms with Crippen molar-refractivity contribution >= 4 is 43.9 Å². The van der Waals surface area contributed by atoms with Gasteiger partial charge in [-0.3, -0.25) is 9.97 Å². The quantitative estimate of drug-likeness (QED) is 0.241. The molecule has 0 aromatic carbocycles. The third-order valence-electron chi connectivity index (χ3n) is 6.37. The standard InChI is InChI=1S/2C15H9FN4/c2*16-14-7-9(3-6-18-14)12-2-1-10-11-8-17-5-4-13(11)20-15(10)19-12/h2*1-8H,(H,19,20)/i5T,6T,8T;. The van der Waals surface area contributed by atoms with Crippen LogP contribution in [0.2, 0.25) is 0 Å². The molecule has 0 saturated heterocycles. The molecule has 8 aromatic heterocycles. The zero-order valence-corrected chi connectivity index (χ0v) is 20.4. The zero-order chi connectivity index (χ0) is 29.7. The first-order chi connectivity index (χ1) is 20.8. The molecule has 8 rings (SSSR count). The first-order valence-electron chi connectivity index (χ1n) is 13.6. The van der Waals surface area contributed by atoms with Crippen molar-refractivity contribution in [2.45, 2.75) is 0 Å². The monoisotopic (exact) mass is 534 g/mol. The fourth-order valence-electron chi connectivity index (χ4n) is 4.52. The summed E-state index contributed by atoms with van der Waals surface area (Å²) in [4.78, 5) is 30.2. The van der Waals surface area contributed by atoms with Crippen molar-refractivity contribution in [1.29, 1.82) is 0 Å². The molecule has 0 amide bonds. The lowest BCUT2D eigenvalue weighted by Gasteiger charge is -2.00. The molecular weight excluding hydrogens is 510 g/mol. The highest BCUT2D eigenvalue weighted by atomic mass is 19.1. The number of hydrogen-bond acceptors (Lipinski definition) is 6. The molecule has 8 heterocycles. The van der Waals surface area contributed by atoms with Crippen LogP contribution in [0.5, 0.6) is 0 Å². The Labute approximate surface area is 229 Å². The van der Waals surface area contributed by atoms with E-state index in [0.29, 0.717) is 44.5 Å². The van der Waals surface area contributed by atoms with E-state index in [9.17, 15) is 8.78 Å². The van der Waals surface area contributed by atoms with Gasteiger partial charge in [0.2, 0.25) is 11.9 Å². The van der Waals surface area contributed by atoms with Crippen LogP contribution in [0.4, 0.5) is 8.78 Å². The Balaban J connectivity index is 0.000000141. The van der Waals surface area contributed by atoms with Crippen molar-refractivity contribution in [2.24, 2.45) is 0 Å². The molecule has 192 valence electrons. The summed E-state index contributed by atoms with van der Waals surface area (Å²) in [6.07, 6.45) is 4.82. The average molecular weight is 535 g/mol. The lowest BCUT2D eigenvalue weighted by Crippen LogP contribution is -1.87. The van der Waals surface area contributed by atoms with Crippen molar-refractivity contribution in [1.82, 2.24) is 39.9 Å². The normalized spacial score (nSPS) is 12.3. The van der Waals surface area contributed by atoms with Gasteiger partial charge in [-0.2, -0.15) is 8.78 Å². The predicted octanol–water partition coefficient (Wildman–Crippen LogP) is 6.62. The number of hydrogen-bond donors (Lipinski definition) is 2. The second-order valence-corrected chi connectivity index (χ2v) is 8.82. The molecule has 0 bridgehead atoms. The van der Waals surface area contributed by atoms with Crippen LogP contribution in [0.3, 0.4) is 0 Å². The smallest absolute Gasteiger partial charge is 0.213 e. The Morgan fingerprint density at radius 3 is 2.00 bits per heavy atom. The summed E-state index contributed by atoms with van der Waals surface area (Å²) in [6.45, 7) is 0. The first-order valence-corrected chi connectivity index (χ1v) is 12.1. The topological polar surface area (TPSA) is 109 Å². The fraction of sp³-hybridized carbons (Fsp3) is 0. The molecule has 0 aliphatic carbocycles. The van der Waals surface area contributed by atoms with Gasteiger partial charge in [-0.1, -0.05) is 0 Å². The number of fused-ring (bicyclic) bond motifs is 6. The summed E-state index contributed by atoms with van der Waals surface area (Å²) in [7, 11) is 0. The van der Waals surface area contributed by atoms with Gasteiger partial charge >= 0.3 is 0 Å². The maximum absolute atomic E-state index is 13.4. The molecule has 0 radical (unpaired) electrons. The lowest BCUT2D eigenvalue weighted by molar-refractivity contribution is 0.584. The van der Waals surface area contributed by atoms with Gasteiger partial charge in [-0.05, 0) is 48.5 Å². The summed E-state index contributed by atoms with van der Waals surface area (Å²) in [5.74, 6) is -1.24. The Morgan fingerprint density at radius 1 is 0.600 bits per heavy atom. The van der Waals surface area contributed by atoms with Gasteiger partial charge in [-0.25, -0.2) is 19.9 Å². The lowest BCUT2D eigenvalue weighted by atomic mass is 10.1. The molecule has 0 aliphatic heterocycles. The molecule has 10 heteroatoms. The molecule has 0 unspecified atom stereocenters. The maximum Gasteiger partial charge on any atom is 0.213 e. The molecule has 8 aromatic rings. The van der Waals surface area contributed by atoms with Crippen LogP contribution in [-0.2, 0) is 0 Å². The Morgan fingerprint density at radius 2 is 1.27 bits per heavy atom. The minimum absolute atomic E-state index is 0.00401. The highest BCUT2D eigenvalue weighted by Gasteiger charge is 2.09. The Kier molecular flexibility index (Phi) is 4.88. The highest BCUT2D eigenvalue weighted by molar-refractivity contribution is 6.06. The van der Waals surface area contributed by atoms with Gasteiger partial charge in [0, 0.05) is 81.9 Å². The van der Waals surface area contributed by atoms with Gasteiger partial charge in [-0.15, -0.1) is 0 Å². The van der Waals surface area contributed by atoms with Crippen LogP contribution in [0, 0.1) is 11.9 Å². The van der Waals surface area contributed by atoms with Crippen LogP contribution in [0.1, 0.15) is 4.11 Å². The van der Waals surface area contributed by atoms with E-state index in [0.717, 1.165) is 21.9 Å². The summed E-state index contributed by atoms with van der Waals surface area (Å²) >= 11 is 0. The van der Waals surface area contributed by atoms with Gasteiger partial charge in [0.1, 0.15) is 11.3 Å². The number of aromatic nitrogens is 8.